The second-order valence-corrected chi connectivity index (χ2v) is 3.96. The maximum absolute atomic E-state index is 12.8. The summed E-state index contributed by atoms with van der Waals surface area (Å²) >= 11 is 2.78. The van der Waals surface area contributed by atoms with Gasteiger partial charge in [-0.1, -0.05) is 15.9 Å². The van der Waals surface area contributed by atoms with Crippen molar-refractivity contribution in [3.8, 4) is 0 Å². The van der Waals surface area contributed by atoms with Crippen LogP contribution in [0, 0.1) is 10.1 Å². The molecular formula is C10H7BrF3NO4. The Bertz CT molecular complexity index is 530. The lowest BCUT2D eigenvalue weighted by Gasteiger charge is -2.13. The molecule has 1 aromatic carbocycles. The van der Waals surface area contributed by atoms with Crippen LogP contribution < -0.4 is 0 Å². The van der Waals surface area contributed by atoms with Crippen molar-refractivity contribution in [3.05, 3.63) is 38.9 Å². The minimum Gasteiger partial charge on any atom is -0.465 e. The van der Waals surface area contributed by atoms with Gasteiger partial charge >= 0.3 is 12.1 Å². The topological polar surface area (TPSA) is 69.4 Å². The van der Waals surface area contributed by atoms with Gasteiger partial charge in [0.1, 0.15) is 0 Å². The number of carbonyl (C=O) groups is 1. The van der Waals surface area contributed by atoms with E-state index in [1.54, 1.807) is 0 Å². The van der Waals surface area contributed by atoms with E-state index in [9.17, 15) is 28.1 Å². The number of benzene rings is 1. The summed E-state index contributed by atoms with van der Waals surface area (Å²) in [5.41, 5.74) is -3.08. The summed E-state index contributed by atoms with van der Waals surface area (Å²) in [4.78, 5) is 21.1. The first kappa shape index (κ1) is 15.4. The molecule has 19 heavy (non-hydrogen) atoms. The minimum absolute atomic E-state index is 0.361. The van der Waals surface area contributed by atoms with E-state index in [-0.39, 0.29) is 5.33 Å². The smallest absolute Gasteiger partial charge is 0.416 e. The highest BCUT2D eigenvalue weighted by atomic mass is 79.9. The van der Waals surface area contributed by atoms with Gasteiger partial charge in [0, 0.05) is 11.4 Å². The summed E-state index contributed by atoms with van der Waals surface area (Å²) in [7, 11) is 0.972. The molecule has 0 N–H and O–H groups in total. The number of carbonyl (C=O) groups excluding carboxylic acids is 1. The predicted octanol–water partition coefficient (Wildman–Crippen LogP) is 3.30. The summed E-state index contributed by atoms with van der Waals surface area (Å²) in [6.07, 6.45) is -4.81. The summed E-state index contributed by atoms with van der Waals surface area (Å²) in [6.45, 7) is 0. The number of alkyl halides is 4. The molecule has 0 atom stereocenters. The van der Waals surface area contributed by atoms with Crippen molar-refractivity contribution in [2.75, 3.05) is 7.11 Å². The third kappa shape index (κ3) is 3.22. The van der Waals surface area contributed by atoms with Gasteiger partial charge in [-0.15, -0.1) is 0 Å². The SMILES string of the molecule is COC(=O)c1cc([N+](=O)[O-])c(CBr)c(C(F)(F)F)c1. The van der Waals surface area contributed by atoms with Crippen molar-refractivity contribution in [3.63, 3.8) is 0 Å². The minimum atomic E-state index is -4.81. The molecule has 1 rings (SSSR count). The van der Waals surface area contributed by atoms with E-state index in [0.717, 1.165) is 13.2 Å². The fraction of sp³-hybridized carbons (Fsp3) is 0.300. The molecule has 0 saturated carbocycles. The number of nitrogens with zero attached hydrogens (tertiary/aromatic N) is 1. The fourth-order valence-electron chi connectivity index (χ4n) is 1.45. The molecule has 0 bridgehead atoms. The van der Waals surface area contributed by atoms with E-state index in [0.29, 0.717) is 6.07 Å². The van der Waals surface area contributed by atoms with Crippen LogP contribution in [0.2, 0.25) is 0 Å². The third-order valence-electron chi connectivity index (χ3n) is 2.28. The van der Waals surface area contributed by atoms with Crippen molar-refractivity contribution >= 4 is 27.6 Å². The lowest BCUT2D eigenvalue weighted by molar-refractivity contribution is -0.385. The molecule has 0 unspecified atom stereocenters. The quantitative estimate of drug-likeness (QED) is 0.366. The van der Waals surface area contributed by atoms with Crippen LogP contribution >= 0.6 is 15.9 Å². The Morgan fingerprint density at radius 2 is 2.05 bits per heavy atom. The van der Waals surface area contributed by atoms with Gasteiger partial charge in [-0.05, 0) is 6.07 Å². The van der Waals surface area contributed by atoms with Crippen molar-refractivity contribution in [1.82, 2.24) is 0 Å². The summed E-state index contributed by atoms with van der Waals surface area (Å²) in [5, 5.41) is 10.4. The van der Waals surface area contributed by atoms with Crippen LogP contribution in [0.4, 0.5) is 18.9 Å². The van der Waals surface area contributed by atoms with E-state index in [4.69, 9.17) is 0 Å². The Morgan fingerprint density at radius 1 is 1.47 bits per heavy atom. The zero-order valence-electron chi connectivity index (χ0n) is 9.45. The van der Waals surface area contributed by atoms with Crippen LogP contribution in [0.3, 0.4) is 0 Å². The van der Waals surface area contributed by atoms with Gasteiger partial charge in [0.2, 0.25) is 0 Å². The maximum atomic E-state index is 12.8. The van der Waals surface area contributed by atoms with Gasteiger partial charge in [0.05, 0.1) is 28.7 Å². The first-order valence-corrected chi connectivity index (χ1v) is 5.87. The van der Waals surface area contributed by atoms with Crippen LogP contribution in [0.25, 0.3) is 0 Å². The van der Waals surface area contributed by atoms with E-state index < -0.39 is 39.4 Å². The number of ether oxygens (including phenoxy) is 1. The molecule has 5 nitrogen and oxygen atoms in total. The van der Waals surface area contributed by atoms with Crippen LogP contribution in [-0.2, 0) is 16.2 Å². The molecule has 0 fully saturated rings. The molecule has 0 radical (unpaired) electrons. The largest absolute Gasteiger partial charge is 0.465 e. The Labute approximate surface area is 113 Å². The monoisotopic (exact) mass is 341 g/mol. The molecule has 0 heterocycles. The Hall–Kier alpha value is -1.64. The number of methoxy groups -OCH3 is 1. The van der Waals surface area contributed by atoms with Crippen molar-refractivity contribution in [2.45, 2.75) is 11.5 Å². The van der Waals surface area contributed by atoms with Gasteiger partial charge in [-0.25, -0.2) is 4.79 Å². The number of esters is 1. The molecule has 0 spiro atoms. The second kappa shape index (κ2) is 5.55. The van der Waals surface area contributed by atoms with E-state index in [1.807, 2.05) is 0 Å². The maximum Gasteiger partial charge on any atom is 0.416 e. The van der Waals surface area contributed by atoms with E-state index in [1.165, 1.54) is 0 Å². The lowest BCUT2D eigenvalue weighted by atomic mass is 10.0. The fourth-order valence-corrected chi connectivity index (χ4v) is 2.04. The number of nitro groups is 1. The van der Waals surface area contributed by atoms with Gasteiger partial charge in [-0.3, -0.25) is 10.1 Å². The molecule has 0 aromatic heterocycles. The van der Waals surface area contributed by atoms with Gasteiger partial charge in [0.25, 0.3) is 5.69 Å². The molecule has 0 aliphatic rings. The number of rotatable bonds is 3. The normalized spacial score (nSPS) is 11.2. The zero-order valence-corrected chi connectivity index (χ0v) is 11.0. The Morgan fingerprint density at radius 3 is 2.42 bits per heavy atom. The molecular weight excluding hydrogens is 335 g/mol. The van der Waals surface area contributed by atoms with Crippen LogP contribution in [-0.4, -0.2) is 18.0 Å². The Balaban J connectivity index is 3.64. The van der Waals surface area contributed by atoms with Gasteiger partial charge in [0.15, 0.2) is 0 Å². The summed E-state index contributed by atoms with van der Waals surface area (Å²) < 4.78 is 42.8. The van der Waals surface area contributed by atoms with E-state index >= 15 is 0 Å². The average Bonchev–Trinajstić information content (AvgIpc) is 2.34. The third-order valence-corrected chi connectivity index (χ3v) is 2.84. The van der Waals surface area contributed by atoms with Crippen LogP contribution in [0.15, 0.2) is 12.1 Å². The van der Waals surface area contributed by atoms with Gasteiger partial charge in [-0.2, -0.15) is 13.2 Å². The Kier molecular flexibility index (Phi) is 4.51. The van der Waals surface area contributed by atoms with Crippen LogP contribution in [0.5, 0.6) is 0 Å². The van der Waals surface area contributed by atoms with Crippen molar-refractivity contribution < 1.29 is 27.6 Å². The molecule has 0 amide bonds. The molecule has 0 aliphatic heterocycles. The molecule has 0 aliphatic carbocycles. The predicted molar refractivity (Wildman–Crippen MR) is 62.1 cm³/mol. The molecule has 0 saturated heterocycles. The standard InChI is InChI=1S/C10H7BrF3NO4/c1-19-9(16)5-2-7(10(12,13)14)6(4-11)8(3-5)15(17)18/h2-3H,4H2,1H3. The number of halogens is 4. The van der Waals surface area contributed by atoms with Gasteiger partial charge < -0.3 is 4.74 Å². The van der Waals surface area contributed by atoms with Crippen molar-refractivity contribution in [2.24, 2.45) is 0 Å². The number of hydrogen-bond acceptors (Lipinski definition) is 4. The molecule has 9 heteroatoms. The number of hydrogen-bond donors (Lipinski definition) is 0. The second-order valence-electron chi connectivity index (χ2n) is 3.40. The van der Waals surface area contributed by atoms with E-state index in [2.05, 4.69) is 20.7 Å². The zero-order chi connectivity index (χ0) is 14.8. The highest BCUT2D eigenvalue weighted by Crippen LogP contribution is 2.38. The summed E-state index contributed by atoms with van der Waals surface area (Å²) in [6, 6.07) is 1.30. The average molecular weight is 342 g/mol. The number of nitro benzene ring substituents is 1. The lowest BCUT2D eigenvalue weighted by Crippen LogP contribution is -2.13. The first-order valence-electron chi connectivity index (χ1n) is 4.75. The highest BCUT2D eigenvalue weighted by molar-refractivity contribution is 9.08. The first-order chi connectivity index (χ1) is 8.72. The molecule has 1 aromatic rings. The molecule has 104 valence electrons. The summed E-state index contributed by atoms with van der Waals surface area (Å²) in [5.74, 6) is -1.07. The van der Waals surface area contributed by atoms with Crippen LogP contribution in [0.1, 0.15) is 21.5 Å². The van der Waals surface area contributed by atoms with Crippen molar-refractivity contribution in [1.29, 1.82) is 0 Å². The highest BCUT2D eigenvalue weighted by Gasteiger charge is 2.37.